The molecule has 65 heavy (non-hydrogen) atoms. The molecule has 3 N–H and O–H groups in total. The molecule has 2 atom stereocenters. The molecule has 2 unspecified atom stereocenters. The Balaban J connectivity index is 3.64. The maximum absolute atomic E-state index is 12.2. The third-order valence-corrected chi connectivity index (χ3v) is 11.5. The number of unbranched alkanes of at least 4 members (excludes halogenated alkanes) is 18. The van der Waals surface area contributed by atoms with Crippen LogP contribution < -0.4 is 5.32 Å². The van der Waals surface area contributed by atoms with Gasteiger partial charge in [-0.3, -0.25) is 18.6 Å². The molecule has 9 nitrogen and oxygen atoms in total. The van der Waals surface area contributed by atoms with Crippen molar-refractivity contribution in [1.29, 1.82) is 0 Å². The number of esters is 1. The molecule has 372 valence electrons. The van der Waals surface area contributed by atoms with Gasteiger partial charge in [-0.25, -0.2) is 4.57 Å². The molecule has 0 spiro atoms. The van der Waals surface area contributed by atoms with Crippen LogP contribution in [0.1, 0.15) is 206 Å². The summed E-state index contributed by atoms with van der Waals surface area (Å²) in [7, 11) is -4.44. The summed E-state index contributed by atoms with van der Waals surface area (Å²) in [5.41, 5.74) is 0. The lowest BCUT2D eigenvalue weighted by Gasteiger charge is -2.15. The van der Waals surface area contributed by atoms with E-state index in [2.05, 4.69) is 116 Å². The van der Waals surface area contributed by atoms with Gasteiger partial charge in [-0.2, -0.15) is 0 Å². The van der Waals surface area contributed by atoms with E-state index in [9.17, 15) is 24.2 Å². The minimum absolute atomic E-state index is 0.0526. The van der Waals surface area contributed by atoms with Gasteiger partial charge >= 0.3 is 13.8 Å². The number of amides is 1. The molecule has 0 heterocycles. The van der Waals surface area contributed by atoms with Crippen molar-refractivity contribution in [1.82, 2.24) is 5.32 Å². The minimum Gasteiger partial charge on any atom is -0.463 e. The largest absolute Gasteiger partial charge is 0.472 e. The number of ether oxygens (including phenoxy) is 1. The van der Waals surface area contributed by atoms with Gasteiger partial charge in [0.2, 0.25) is 5.91 Å². The zero-order valence-corrected chi connectivity index (χ0v) is 42.0. The number of allylic oxidation sites excluding steroid dienone is 16. The zero-order valence-electron chi connectivity index (χ0n) is 41.1. The minimum atomic E-state index is -4.44. The molecular formula is C55H94NO8P. The highest BCUT2D eigenvalue weighted by Crippen LogP contribution is 2.42. The van der Waals surface area contributed by atoms with Gasteiger partial charge in [-0.1, -0.05) is 195 Å². The highest BCUT2D eigenvalue weighted by atomic mass is 31.2. The van der Waals surface area contributed by atoms with Crippen molar-refractivity contribution >= 4 is 19.7 Å². The second kappa shape index (κ2) is 50.3. The first-order chi connectivity index (χ1) is 31.8. The molecule has 0 aliphatic rings. The van der Waals surface area contributed by atoms with Crippen LogP contribution in [0.15, 0.2) is 97.2 Å². The normalized spacial score (nSPS) is 14.0. The lowest BCUT2D eigenvalue weighted by Crippen LogP contribution is -2.27. The summed E-state index contributed by atoms with van der Waals surface area (Å²) in [6, 6.07) is 0. The summed E-state index contributed by atoms with van der Waals surface area (Å²) < 4.78 is 27.0. The zero-order chi connectivity index (χ0) is 47.4. The second-order valence-electron chi connectivity index (χ2n) is 16.8. The summed E-state index contributed by atoms with van der Waals surface area (Å²) in [6.45, 7) is 3.36. The van der Waals surface area contributed by atoms with Crippen LogP contribution in [0, 0.1) is 0 Å². The fourth-order valence-corrected chi connectivity index (χ4v) is 7.41. The van der Waals surface area contributed by atoms with Crippen LogP contribution in [0.4, 0.5) is 0 Å². The third kappa shape index (κ3) is 51.8. The van der Waals surface area contributed by atoms with E-state index in [1.54, 1.807) is 0 Å². The molecule has 10 heteroatoms. The van der Waals surface area contributed by atoms with E-state index in [1.807, 2.05) is 0 Å². The van der Waals surface area contributed by atoms with Gasteiger partial charge in [0, 0.05) is 19.4 Å². The molecule has 0 aromatic rings. The third-order valence-electron chi connectivity index (χ3n) is 10.5. The molecule has 0 rings (SSSR count). The molecule has 0 aliphatic heterocycles. The number of rotatable bonds is 47. The number of aliphatic hydroxyl groups is 1. The van der Waals surface area contributed by atoms with E-state index < -0.39 is 26.5 Å². The standard InChI is InChI=1S/C55H94NO8P/c1-3-5-7-9-11-13-15-17-19-21-23-25-26-28-30-32-34-36-38-40-42-44-46-48-55(59)62-51-53(57)52-64-65(60,61)63-50-49-56-54(58)47-45-43-41-39-37-35-33-31-29-27-24-22-20-18-16-14-12-10-8-6-4-2/h6,8,11-14,17-20,24,27,31,33,37,39,53,57H,3-5,7,9-10,15-16,21-23,25-26,28-30,32,34-36,38,40-52H2,1-2H3,(H,56,58)(H,60,61)/b8-6-,13-11-,14-12-,19-17-,20-18-,27-24-,33-31-,39-37-. The van der Waals surface area contributed by atoms with Crippen LogP contribution in [0.2, 0.25) is 0 Å². The molecule has 0 radical (unpaired) electrons. The van der Waals surface area contributed by atoms with Crippen LogP contribution >= 0.6 is 7.82 Å². The van der Waals surface area contributed by atoms with Crippen LogP contribution in [-0.2, 0) is 27.9 Å². The fourth-order valence-electron chi connectivity index (χ4n) is 6.65. The number of carbonyl (C=O) groups is 2. The quantitative estimate of drug-likeness (QED) is 0.0238. The number of hydrogen-bond donors (Lipinski definition) is 3. The van der Waals surface area contributed by atoms with Crippen molar-refractivity contribution in [3.63, 3.8) is 0 Å². The van der Waals surface area contributed by atoms with Crippen LogP contribution in [0.3, 0.4) is 0 Å². The van der Waals surface area contributed by atoms with Crippen molar-refractivity contribution in [2.75, 3.05) is 26.4 Å². The van der Waals surface area contributed by atoms with Crippen LogP contribution in [0.25, 0.3) is 0 Å². The first-order valence-electron chi connectivity index (χ1n) is 25.7. The summed E-state index contributed by atoms with van der Waals surface area (Å²) >= 11 is 0. The first-order valence-corrected chi connectivity index (χ1v) is 27.2. The van der Waals surface area contributed by atoms with Gasteiger partial charge in [0.1, 0.15) is 12.7 Å². The Kier molecular flexibility index (Phi) is 48.0. The molecule has 0 aromatic heterocycles. The molecule has 0 bridgehead atoms. The predicted molar refractivity (Wildman–Crippen MR) is 275 cm³/mol. The first kappa shape index (κ1) is 61.9. The fraction of sp³-hybridized carbons (Fsp3) is 0.673. The summed E-state index contributed by atoms with van der Waals surface area (Å²) in [5, 5.41) is 12.7. The summed E-state index contributed by atoms with van der Waals surface area (Å²) in [5.74, 6) is -0.565. The second-order valence-corrected chi connectivity index (χ2v) is 18.2. The highest BCUT2D eigenvalue weighted by Gasteiger charge is 2.23. The monoisotopic (exact) mass is 928 g/mol. The van der Waals surface area contributed by atoms with E-state index in [1.165, 1.54) is 96.3 Å². The smallest absolute Gasteiger partial charge is 0.463 e. The van der Waals surface area contributed by atoms with E-state index in [0.717, 1.165) is 83.5 Å². The SMILES string of the molecule is CC/C=C\C/C=C\C/C=C\C/C=C\C/C=C\C/C=C\CCCCC(=O)NCCOP(=O)(O)OCC(O)COC(=O)CCCCCCCCCCCCCCC/C=C\C/C=C\CCCCC. The van der Waals surface area contributed by atoms with Crippen LogP contribution in [0.5, 0.6) is 0 Å². The van der Waals surface area contributed by atoms with E-state index in [4.69, 9.17) is 13.8 Å². The van der Waals surface area contributed by atoms with Crippen molar-refractivity contribution in [2.24, 2.45) is 0 Å². The Labute approximate surface area is 397 Å². The topological polar surface area (TPSA) is 131 Å². The highest BCUT2D eigenvalue weighted by molar-refractivity contribution is 7.47. The van der Waals surface area contributed by atoms with Gasteiger partial charge in [0.05, 0.1) is 13.2 Å². The van der Waals surface area contributed by atoms with Gasteiger partial charge < -0.3 is 20.1 Å². The van der Waals surface area contributed by atoms with Gasteiger partial charge in [-0.05, 0) is 96.3 Å². The Hall–Kier alpha value is -3.07. The Morgan fingerprint density at radius 1 is 0.492 bits per heavy atom. The Morgan fingerprint density at radius 2 is 0.877 bits per heavy atom. The van der Waals surface area contributed by atoms with Crippen molar-refractivity contribution < 1.29 is 37.9 Å². The predicted octanol–water partition coefficient (Wildman–Crippen LogP) is 15.3. The summed E-state index contributed by atoms with van der Waals surface area (Å²) in [6.07, 6.45) is 66.3. The molecule has 0 saturated heterocycles. The summed E-state index contributed by atoms with van der Waals surface area (Å²) in [4.78, 5) is 34.1. The molecule has 1 amide bonds. The van der Waals surface area contributed by atoms with Crippen molar-refractivity contribution in [2.45, 2.75) is 213 Å². The number of carbonyl (C=O) groups excluding carboxylic acids is 2. The maximum atomic E-state index is 12.2. The van der Waals surface area contributed by atoms with Gasteiger partial charge in [0.25, 0.3) is 0 Å². The molecule has 0 aliphatic carbocycles. The molecule has 0 aromatic carbocycles. The number of phosphoric acid groups is 1. The van der Waals surface area contributed by atoms with E-state index in [0.29, 0.717) is 6.42 Å². The van der Waals surface area contributed by atoms with Crippen LogP contribution in [-0.4, -0.2) is 54.3 Å². The lowest BCUT2D eigenvalue weighted by molar-refractivity contribution is -0.147. The average molecular weight is 928 g/mol. The Morgan fingerprint density at radius 3 is 1.34 bits per heavy atom. The number of phosphoric ester groups is 1. The maximum Gasteiger partial charge on any atom is 0.472 e. The van der Waals surface area contributed by atoms with Crippen molar-refractivity contribution in [3.05, 3.63) is 97.2 Å². The molecule has 0 fully saturated rings. The number of nitrogens with one attached hydrogen (secondary N) is 1. The lowest BCUT2D eigenvalue weighted by atomic mass is 10.0. The van der Waals surface area contributed by atoms with Crippen molar-refractivity contribution in [3.8, 4) is 0 Å². The average Bonchev–Trinajstić information content (AvgIpc) is 3.29. The van der Waals surface area contributed by atoms with Gasteiger partial charge in [-0.15, -0.1) is 0 Å². The van der Waals surface area contributed by atoms with Gasteiger partial charge in [0.15, 0.2) is 0 Å². The Bertz CT molecular complexity index is 1380. The number of aliphatic hydroxyl groups excluding tert-OH is 1. The molecular weight excluding hydrogens is 834 g/mol. The molecule has 0 saturated carbocycles. The number of hydrogen-bond acceptors (Lipinski definition) is 7. The van der Waals surface area contributed by atoms with E-state index >= 15 is 0 Å². The van der Waals surface area contributed by atoms with E-state index in [-0.39, 0.29) is 32.1 Å².